The number of hydrogen-bond acceptors (Lipinski definition) is 6. The maximum atomic E-state index is 12.6. The number of para-hydroxylation sites is 1. The number of sulfone groups is 1. The SMILES string of the molecule is CC(C)(Oc1ccccc1C#N)C(=NC1C2CC3CC1CC(S(C)(=O)=O)(C3)C2)NC#N. The topological polar surface area (TPSA) is 115 Å². The van der Waals surface area contributed by atoms with Crippen LogP contribution in [0, 0.1) is 40.5 Å². The highest BCUT2D eigenvalue weighted by molar-refractivity contribution is 7.92. The lowest BCUT2D eigenvalue weighted by molar-refractivity contribution is 0.0140. The second-order valence-corrected chi connectivity index (χ2v) is 12.3. The van der Waals surface area contributed by atoms with Crippen molar-refractivity contribution in [2.24, 2.45) is 22.7 Å². The second kappa shape index (κ2) is 7.53. The molecule has 0 spiro atoms. The molecule has 0 heterocycles. The molecule has 1 N–H and O–H groups in total. The third-order valence-corrected chi connectivity index (χ3v) is 9.42. The lowest BCUT2D eigenvalue weighted by Crippen LogP contribution is -2.60. The zero-order chi connectivity index (χ0) is 22.4. The number of nitrogens with one attached hydrogen (secondary N) is 1. The molecule has 0 aromatic heterocycles. The fourth-order valence-corrected chi connectivity index (χ4v) is 7.67. The quantitative estimate of drug-likeness (QED) is 0.325. The second-order valence-electron chi connectivity index (χ2n) is 9.85. The van der Waals surface area contributed by atoms with Gasteiger partial charge in [0.2, 0.25) is 0 Å². The monoisotopic (exact) mass is 440 g/mol. The summed E-state index contributed by atoms with van der Waals surface area (Å²) < 4.78 is 30.7. The Kier molecular flexibility index (Phi) is 5.26. The molecule has 7 nitrogen and oxygen atoms in total. The van der Waals surface area contributed by atoms with Crippen LogP contribution in [-0.2, 0) is 9.84 Å². The van der Waals surface area contributed by atoms with Crippen LogP contribution in [-0.4, -0.2) is 36.9 Å². The van der Waals surface area contributed by atoms with E-state index in [1.54, 1.807) is 24.3 Å². The number of rotatable bonds is 5. The highest BCUT2D eigenvalue weighted by Crippen LogP contribution is 2.59. The first-order valence-corrected chi connectivity index (χ1v) is 12.6. The fraction of sp³-hybridized carbons (Fsp3) is 0.609. The minimum absolute atomic E-state index is 0.0311. The summed E-state index contributed by atoms with van der Waals surface area (Å²) in [4.78, 5) is 4.98. The van der Waals surface area contributed by atoms with E-state index in [2.05, 4.69) is 11.4 Å². The van der Waals surface area contributed by atoms with Gasteiger partial charge in [-0.05, 0) is 75.8 Å². The number of amidine groups is 1. The average Bonchev–Trinajstić information content (AvgIpc) is 2.68. The summed E-state index contributed by atoms with van der Waals surface area (Å²) in [6, 6.07) is 9.07. The van der Waals surface area contributed by atoms with Gasteiger partial charge >= 0.3 is 0 Å². The number of ether oxygens (including phenoxy) is 1. The highest BCUT2D eigenvalue weighted by atomic mass is 32.2. The Morgan fingerprint density at radius 1 is 1.19 bits per heavy atom. The number of nitriles is 2. The van der Waals surface area contributed by atoms with Gasteiger partial charge in [0.15, 0.2) is 27.5 Å². The number of benzene rings is 1. The first kappa shape index (κ1) is 21.6. The van der Waals surface area contributed by atoms with E-state index in [1.807, 2.05) is 20.0 Å². The molecule has 5 rings (SSSR count). The van der Waals surface area contributed by atoms with Crippen molar-refractivity contribution in [3.63, 3.8) is 0 Å². The molecule has 0 aliphatic heterocycles. The van der Waals surface area contributed by atoms with Crippen molar-refractivity contribution in [1.29, 1.82) is 10.5 Å². The number of aliphatic imine (C=N–C) groups is 1. The third kappa shape index (κ3) is 3.78. The van der Waals surface area contributed by atoms with Gasteiger partial charge in [0.25, 0.3) is 0 Å². The molecule has 4 aliphatic rings. The molecule has 4 aliphatic carbocycles. The van der Waals surface area contributed by atoms with Crippen LogP contribution >= 0.6 is 0 Å². The number of hydrogen-bond donors (Lipinski definition) is 1. The van der Waals surface area contributed by atoms with Crippen molar-refractivity contribution in [3.8, 4) is 18.0 Å². The summed E-state index contributed by atoms with van der Waals surface area (Å²) in [6.07, 6.45) is 7.39. The minimum Gasteiger partial charge on any atom is -0.479 e. The maximum absolute atomic E-state index is 12.6. The number of nitrogens with zero attached hydrogens (tertiary/aromatic N) is 3. The maximum Gasteiger partial charge on any atom is 0.182 e. The van der Waals surface area contributed by atoms with E-state index in [9.17, 15) is 18.9 Å². The van der Waals surface area contributed by atoms with E-state index in [4.69, 9.17) is 9.73 Å². The van der Waals surface area contributed by atoms with Crippen LogP contribution in [0.2, 0.25) is 0 Å². The van der Waals surface area contributed by atoms with Crippen LogP contribution in [0.4, 0.5) is 0 Å². The van der Waals surface area contributed by atoms with Gasteiger partial charge in [-0.1, -0.05) is 12.1 Å². The lowest BCUT2D eigenvalue weighted by atomic mass is 9.54. The Morgan fingerprint density at radius 2 is 1.84 bits per heavy atom. The van der Waals surface area contributed by atoms with Gasteiger partial charge < -0.3 is 4.74 Å². The first-order valence-electron chi connectivity index (χ1n) is 10.7. The predicted molar refractivity (Wildman–Crippen MR) is 117 cm³/mol. The van der Waals surface area contributed by atoms with Crippen molar-refractivity contribution in [1.82, 2.24) is 5.32 Å². The molecule has 4 saturated carbocycles. The van der Waals surface area contributed by atoms with Crippen LogP contribution in [0.5, 0.6) is 5.75 Å². The molecule has 8 heteroatoms. The Bertz CT molecular complexity index is 1080. The summed E-state index contributed by atoms with van der Waals surface area (Å²) in [7, 11) is -3.13. The van der Waals surface area contributed by atoms with Crippen molar-refractivity contribution >= 4 is 15.7 Å². The van der Waals surface area contributed by atoms with Gasteiger partial charge in [-0.3, -0.25) is 10.3 Å². The van der Waals surface area contributed by atoms with Crippen LogP contribution in [0.3, 0.4) is 0 Å². The molecule has 2 unspecified atom stereocenters. The van der Waals surface area contributed by atoms with E-state index >= 15 is 0 Å². The van der Waals surface area contributed by atoms with Gasteiger partial charge in [0.05, 0.1) is 16.4 Å². The predicted octanol–water partition coefficient (Wildman–Crippen LogP) is 3.18. The zero-order valence-electron chi connectivity index (χ0n) is 18.1. The van der Waals surface area contributed by atoms with Crippen LogP contribution in [0.1, 0.15) is 51.5 Å². The van der Waals surface area contributed by atoms with Gasteiger partial charge in [0, 0.05) is 6.26 Å². The molecule has 0 radical (unpaired) electrons. The van der Waals surface area contributed by atoms with Crippen molar-refractivity contribution in [2.75, 3.05) is 6.26 Å². The summed E-state index contributed by atoms with van der Waals surface area (Å²) >= 11 is 0. The molecular formula is C23H28N4O3S. The molecule has 0 amide bonds. The largest absolute Gasteiger partial charge is 0.479 e. The Balaban J connectivity index is 1.64. The summed E-state index contributed by atoms with van der Waals surface area (Å²) in [5.74, 6) is 1.67. The van der Waals surface area contributed by atoms with Gasteiger partial charge in [-0.15, -0.1) is 0 Å². The van der Waals surface area contributed by atoms with Gasteiger partial charge in [-0.25, -0.2) is 8.42 Å². The van der Waals surface area contributed by atoms with Gasteiger partial charge in [-0.2, -0.15) is 10.5 Å². The minimum atomic E-state index is -3.13. The molecular weight excluding hydrogens is 412 g/mol. The molecule has 0 saturated heterocycles. The standard InChI is InChI=1S/C23H28N4O3S/c1-22(2,30-19-7-5-4-6-16(19)13-24)21(26-14-25)27-20-17-8-15-9-18(20)12-23(10-15,11-17)31(3,28)29/h4-7,15,17-18,20H,8-12H2,1-3H3,(H,26,27). The first-order chi connectivity index (χ1) is 14.6. The van der Waals surface area contributed by atoms with Crippen molar-refractivity contribution in [2.45, 2.75) is 62.3 Å². The van der Waals surface area contributed by atoms with E-state index in [1.165, 1.54) is 6.26 Å². The van der Waals surface area contributed by atoms with Crippen molar-refractivity contribution in [3.05, 3.63) is 29.8 Å². The Morgan fingerprint density at radius 3 is 2.42 bits per heavy atom. The third-order valence-electron chi connectivity index (χ3n) is 7.35. The van der Waals surface area contributed by atoms with E-state index in [-0.39, 0.29) is 17.9 Å². The lowest BCUT2D eigenvalue weighted by Gasteiger charge is -2.58. The summed E-state index contributed by atoms with van der Waals surface area (Å²) in [5, 5.41) is 21.4. The summed E-state index contributed by atoms with van der Waals surface area (Å²) in [6.45, 7) is 3.64. The van der Waals surface area contributed by atoms with E-state index in [0.29, 0.717) is 35.9 Å². The fourth-order valence-electron chi connectivity index (χ4n) is 6.10. The average molecular weight is 441 g/mol. The molecule has 1 aromatic carbocycles. The highest BCUT2D eigenvalue weighted by Gasteiger charge is 2.59. The molecule has 1 aromatic rings. The van der Waals surface area contributed by atoms with Gasteiger partial charge in [0.1, 0.15) is 11.8 Å². The van der Waals surface area contributed by atoms with Crippen molar-refractivity contribution < 1.29 is 13.2 Å². The molecule has 2 atom stereocenters. The van der Waals surface area contributed by atoms with Crippen LogP contribution in [0.15, 0.2) is 29.3 Å². The molecule has 164 valence electrons. The van der Waals surface area contributed by atoms with E-state index < -0.39 is 20.2 Å². The van der Waals surface area contributed by atoms with Crippen LogP contribution < -0.4 is 10.1 Å². The van der Waals surface area contributed by atoms with E-state index in [0.717, 1.165) is 19.3 Å². The molecule has 4 bridgehead atoms. The molecule has 31 heavy (non-hydrogen) atoms. The Labute approximate surface area is 184 Å². The normalized spacial score (nSPS) is 32.2. The zero-order valence-corrected chi connectivity index (χ0v) is 18.9. The van der Waals surface area contributed by atoms with Crippen LogP contribution in [0.25, 0.3) is 0 Å². The molecule has 4 fully saturated rings. The smallest absolute Gasteiger partial charge is 0.182 e. The Hall–Kier alpha value is -2.58. The summed E-state index contributed by atoms with van der Waals surface area (Å²) in [5.41, 5.74) is -0.553.